The molecule has 2 N–H and O–H groups in total. The average molecular weight is 434 g/mol. The molecule has 6 nitrogen and oxygen atoms in total. The van der Waals surface area contributed by atoms with E-state index in [1.54, 1.807) is 0 Å². The number of anilines is 2. The van der Waals surface area contributed by atoms with Gasteiger partial charge in [0.15, 0.2) is 0 Å². The molecule has 0 aromatic heterocycles. The number of rotatable bonds is 4. The van der Waals surface area contributed by atoms with Gasteiger partial charge in [-0.3, -0.25) is 9.59 Å². The summed E-state index contributed by atoms with van der Waals surface area (Å²) in [5.41, 5.74) is 2.37. The van der Waals surface area contributed by atoms with Crippen LogP contribution in [-0.2, 0) is 9.53 Å². The summed E-state index contributed by atoms with van der Waals surface area (Å²) in [6, 6.07) is 21.9. The minimum atomic E-state index is -0.318. The number of benzene rings is 3. The largest absolute Gasteiger partial charge is 0.462 e. The van der Waals surface area contributed by atoms with Crippen LogP contribution in [0.4, 0.5) is 11.4 Å². The highest BCUT2D eigenvalue weighted by Crippen LogP contribution is 2.24. The Hall–Kier alpha value is -3.38. The van der Waals surface area contributed by atoms with Gasteiger partial charge in [-0.25, -0.2) is 0 Å². The normalized spacial score (nSPS) is 13.7. The van der Waals surface area contributed by atoms with Crippen LogP contribution >= 0.6 is 0 Å². The Bertz CT molecular complexity index is 1030. The maximum absolute atomic E-state index is 12.6. The van der Waals surface area contributed by atoms with Crippen molar-refractivity contribution in [1.29, 1.82) is 0 Å². The molecule has 168 valence electrons. The van der Waals surface area contributed by atoms with Crippen molar-refractivity contribution < 1.29 is 14.3 Å². The molecule has 1 saturated heterocycles. The molecule has 3 aromatic rings. The van der Waals surface area contributed by atoms with Crippen molar-refractivity contribution in [3.05, 3.63) is 72.3 Å². The van der Waals surface area contributed by atoms with E-state index in [9.17, 15) is 9.59 Å². The minimum Gasteiger partial charge on any atom is -0.462 e. The van der Waals surface area contributed by atoms with E-state index in [1.165, 1.54) is 5.69 Å². The number of piperazine rings is 1. The maximum atomic E-state index is 12.6. The molecule has 32 heavy (non-hydrogen) atoms. The van der Waals surface area contributed by atoms with Crippen molar-refractivity contribution in [2.45, 2.75) is 26.4 Å². The van der Waals surface area contributed by atoms with Gasteiger partial charge in [-0.05, 0) is 56.5 Å². The molecule has 0 aliphatic carbocycles. The zero-order valence-electron chi connectivity index (χ0n) is 18.9. The third-order valence-electron chi connectivity index (χ3n) is 5.05. The number of hydrogen-bond acceptors (Lipinski definition) is 5. The summed E-state index contributed by atoms with van der Waals surface area (Å²) in [6.45, 7) is 9.93. The standard InChI is InChI=1S/C21H21N3O.C5H10O2/c25-21(23-20-7-3-5-16-4-1-2-6-19(16)20)17-8-10-18(11-9-17)24-14-12-22-13-15-24;1-5(2,3)7-4-6/h1-11,22H,12-15H2,(H,23,25);4H,1-3H3. The molecule has 0 atom stereocenters. The monoisotopic (exact) mass is 433 g/mol. The summed E-state index contributed by atoms with van der Waals surface area (Å²) in [5.74, 6) is -0.0804. The van der Waals surface area contributed by atoms with Crippen LogP contribution in [-0.4, -0.2) is 44.2 Å². The van der Waals surface area contributed by atoms with Gasteiger partial charge < -0.3 is 20.3 Å². The minimum absolute atomic E-state index is 0.0804. The number of amides is 1. The summed E-state index contributed by atoms with van der Waals surface area (Å²) in [6.07, 6.45) is 0. The lowest BCUT2D eigenvalue weighted by atomic mass is 10.1. The Balaban J connectivity index is 0.000000360. The summed E-state index contributed by atoms with van der Waals surface area (Å²) in [5, 5.41) is 8.56. The molecular weight excluding hydrogens is 402 g/mol. The molecule has 1 fully saturated rings. The first-order chi connectivity index (χ1) is 15.4. The van der Waals surface area contributed by atoms with Crippen LogP contribution in [0, 0.1) is 0 Å². The number of nitrogens with one attached hydrogen (secondary N) is 2. The highest BCUT2D eigenvalue weighted by atomic mass is 16.5. The molecule has 0 bridgehead atoms. The van der Waals surface area contributed by atoms with Crippen LogP contribution in [0.1, 0.15) is 31.1 Å². The molecule has 0 unspecified atom stereocenters. The fourth-order valence-electron chi connectivity index (χ4n) is 3.42. The first-order valence-corrected chi connectivity index (χ1v) is 10.8. The number of nitrogens with zero attached hydrogens (tertiary/aromatic N) is 1. The zero-order chi connectivity index (χ0) is 23.0. The maximum Gasteiger partial charge on any atom is 0.293 e. The summed E-state index contributed by atoms with van der Waals surface area (Å²) < 4.78 is 4.55. The number of carbonyl (C=O) groups excluding carboxylic acids is 2. The van der Waals surface area contributed by atoms with E-state index in [-0.39, 0.29) is 11.5 Å². The van der Waals surface area contributed by atoms with Gasteiger partial charge in [0.25, 0.3) is 12.4 Å². The molecule has 1 amide bonds. The summed E-state index contributed by atoms with van der Waals surface area (Å²) in [4.78, 5) is 24.5. The van der Waals surface area contributed by atoms with Gasteiger partial charge in [0.2, 0.25) is 0 Å². The van der Waals surface area contributed by atoms with E-state index in [1.807, 2.05) is 87.5 Å². The molecule has 1 aliphatic heterocycles. The third-order valence-corrected chi connectivity index (χ3v) is 5.05. The number of carbonyl (C=O) groups is 2. The zero-order valence-corrected chi connectivity index (χ0v) is 18.9. The average Bonchev–Trinajstić information content (AvgIpc) is 2.80. The predicted molar refractivity (Wildman–Crippen MR) is 130 cm³/mol. The molecule has 1 aliphatic rings. The molecule has 0 spiro atoms. The molecular formula is C26H31N3O3. The first kappa shape index (κ1) is 23.3. The second-order valence-corrected chi connectivity index (χ2v) is 8.59. The summed E-state index contributed by atoms with van der Waals surface area (Å²) >= 11 is 0. The fraction of sp³-hybridized carbons (Fsp3) is 0.308. The van der Waals surface area contributed by atoms with Crippen molar-refractivity contribution >= 4 is 34.5 Å². The third kappa shape index (κ3) is 6.56. The van der Waals surface area contributed by atoms with Crippen LogP contribution < -0.4 is 15.5 Å². The van der Waals surface area contributed by atoms with Gasteiger partial charge in [0, 0.05) is 48.5 Å². The van der Waals surface area contributed by atoms with Crippen LogP contribution in [0.3, 0.4) is 0 Å². The van der Waals surface area contributed by atoms with E-state index in [4.69, 9.17) is 0 Å². The van der Waals surface area contributed by atoms with Gasteiger partial charge in [0.1, 0.15) is 5.60 Å². The van der Waals surface area contributed by atoms with Gasteiger partial charge in [-0.2, -0.15) is 0 Å². The fourth-order valence-corrected chi connectivity index (χ4v) is 3.42. The van der Waals surface area contributed by atoms with Crippen molar-refractivity contribution in [3.63, 3.8) is 0 Å². The second kappa shape index (κ2) is 10.8. The summed E-state index contributed by atoms with van der Waals surface area (Å²) in [7, 11) is 0. The van der Waals surface area contributed by atoms with Gasteiger partial charge in [-0.15, -0.1) is 0 Å². The predicted octanol–water partition coefficient (Wildman–Crippen LogP) is 4.46. The van der Waals surface area contributed by atoms with Crippen LogP contribution in [0.25, 0.3) is 10.8 Å². The Morgan fingerprint density at radius 3 is 2.25 bits per heavy atom. The molecule has 6 heteroatoms. The van der Waals surface area contributed by atoms with Crippen LogP contribution in [0.5, 0.6) is 0 Å². The van der Waals surface area contributed by atoms with E-state index >= 15 is 0 Å². The number of hydrogen-bond donors (Lipinski definition) is 2. The topological polar surface area (TPSA) is 70.7 Å². The molecule has 4 rings (SSSR count). The van der Waals surface area contributed by atoms with E-state index < -0.39 is 0 Å². The Kier molecular flexibility index (Phi) is 7.84. The molecule has 0 saturated carbocycles. The lowest BCUT2D eigenvalue weighted by Gasteiger charge is -2.29. The lowest BCUT2D eigenvalue weighted by Crippen LogP contribution is -2.43. The lowest BCUT2D eigenvalue weighted by molar-refractivity contribution is -0.138. The van der Waals surface area contributed by atoms with E-state index in [0.29, 0.717) is 12.0 Å². The molecule has 3 aromatic carbocycles. The van der Waals surface area contributed by atoms with Crippen molar-refractivity contribution in [3.8, 4) is 0 Å². The molecule has 0 radical (unpaired) electrons. The van der Waals surface area contributed by atoms with Crippen molar-refractivity contribution in [2.75, 3.05) is 36.4 Å². The van der Waals surface area contributed by atoms with Crippen molar-refractivity contribution in [1.82, 2.24) is 5.32 Å². The Morgan fingerprint density at radius 2 is 1.62 bits per heavy atom. The molecule has 1 heterocycles. The first-order valence-electron chi connectivity index (χ1n) is 10.8. The van der Waals surface area contributed by atoms with E-state index in [0.717, 1.165) is 42.6 Å². The number of fused-ring (bicyclic) bond motifs is 1. The Labute approximate surface area is 189 Å². The van der Waals surface area contributed by atoms with Gasteiger partial charge in [-0.1, -0.05) is 36.4 Å². The Morgan fingerprint density at radius 1 is 0.969 bits per heavy atom. The highest BCUT2D eigenvalue weighted by Gasteiger charge is 2.12. The van der Waals surface area contributed by atoms with Crippen LogP contribution in [0.15, 0.2) is 66.7 Å². The van der Waals surface area contributed by atoms with Gasteiger partial charge in [0.05, 0.1) is 0 Å². The van der Waals surface area contributed by atoms with Crippen LogP contribution in [0.2, 0.25) is 0 Å². The smallest absolute Gasteiger partial charge is 0.293 e. The van der Waals surface area contributed by atoms with Gasteiger partial charge >= 0.3 is 0 Å². The SMILES string of the molecule is CC(C)(C)OC=O.O=C(Nc1cccc2ccccc12)c1ccc(N2CCNCC2)cc1. The quantitative estimate of drug-likeness (QED) is 0.595. The second-order valence-electron chi connectivity index (χ2n) is 8.59. The highest BCUT2D eigenvalue weighted by molar-refractivity contribution is 6.09. The van der Waals surface area contributed by atoms with E-state index in [2.05, 4.69) is 20.3 Å². The number of ether oxygens (including phenoxy) is 1. The van der Waals surface area contributed by atoms with Crippen molar-refractivity contribution in [2.24, 2.45) is 0 Å².